The highest BCUT2D eigenvalue weighted by atomic mass is 16.5. The molecule has 3 N–H and O–H groups in total. The first-order valence-electron chi connectivity index (χ1n) is 5.99. The van der Waals surface area contributed by atoms with Crippen LogP contribution in [0.4, 0.5) is 0 Å². The molecule has 1 rings (SSSR count). The number of ether oxygens (including phenoxy) is 1. The van der Waals surface area contributed by atoms with E-state index in [-0.39, 0.29) is 19.1 Å². The number of carbonyl (C=O) groups is 1. The first-order chi connectivity index (χ1) is 7.74. The Morgan fingerprint density at radius 1 is 1.53 bits per heavy atom. The van der Waals surface area contributed by atoms with E-state index in [1.807, 2.05) is 0 Å². The second-order valence-electron chi connectivity index (χ2n) is 5.50. The van der Waals surface area contributed by atoms with Crippen LogP contribution in [0.25, 0.3) is 0 Å². The number of esters is 1. The summed E-state index contributed by atoms with van der Waals surface area (Å²) in [6.45, 7) is 3.19. The van der Waals surface area contributed by atoms with Crippen molar-refractivity contribution >= 4 is 5.97 Å². The Hall–Kier alpha value is -0.650. The number of carbonyl (C=O) groups excluding carboxylic acids is 1. The van der Waals surface area contributed by atoms with Crippen LogP contribution in [0.1, 0.15) is 46.0 Å². The van der Waals surface area contributed by atoms with Gasteiger partial charge in [-0.3, -0.25) is 4.79 Å². The molecule has 0 radical (unpaired) electrons. The number of hydrogen-bond donors (Lipinski definition) is 3. The van der Waals surface area contributed by atoms with Gasteiger partial charge >= 0.3 is 5.97 Å². The van der Waals surface area contributed by atoms with Crippen LogP contribution in [-0.4, -0.2) is 45.2 Å². The molecule has 0 aliphatic carbocycles. The number of rotatable bonds is 5. The van der Waals surface area contributed by atoms with Gasteiger partial charge in [-0.2, -0.15) is 0 Å². The Bertz CT molecular complexity index is 272. The van der Waals surface area contributed by atoms with Crippen molar-refractivity contribution in [1.29, 1.82) is 0 Å². The van der Waals surface area contributed by atoms with E-state index in [1.165, 1.54) is 0 Å². The predicted molar refractivity (Wildman–Crippen MR) is 61.3 cm³/mol. The molecule has 0 spiro atoms. The molecule has 0 aromatic rings. The maximum absolute atomic E-state index is 11.3. The molecule has 0 amide bonds. The van der Waals surface area contributed by atoms with E-state index >= 15 is 0 Å². The highest BCUT2D eigenvalue weighted by Crippen LogP contribution is 2.29. The zero-order valence-corrected chi connectivity index (χ0v) is 10.5. The van der Waals surface area contributed by atoms with Gasteiger partial charge in [0.1, 0.15) is 6.10 Å². The van der Waals surface area contributed by atoms with Crippen LogP contribution < -0.4 is 0 Å². The lowest BCUT2D eigenvalue weighted by Crippen LogP contribution is -2.41. The van der Waals surface area contributed by atoms with Gasteiger partial charge < -0.3 is 20.1 Å². The van der Waals surface area contributed by atoms with Gasteiger partial charge in [0, 0.05) is 13.0 Å². The largest absolute Gasteiger partial charge is 0.462 e. The zero-order valence-electron chi connectivity index (χ0n) is 10.5. The van der Waals surface area contributed by atoms with Crippen LogP contribution in [0.3, 0.4) is 0 Å². The van der Waals surface area contributed by atoms with Gasteiger partial charge in [-0.05, 0) is 33.1 Å². The molecule has 0 aromatic carbocycles. The highest BCUT2D eigenvalue weighted by Gasteiger charge is 2.36. The van der Waals surface area contributed by atoms with Gasteiger partial charge in [0.15, 0.2) is 0 Å². The Morgan fingerprint density at radius 2 is 2.18 bits per heavy atom. The smallest absolute Gasteiger partial charge is 0.308 e. The average molecular weight is 246 g/mol. The molecule has 5 nitrogen and oxygen atoms in total. The van der Waals surface area contributed by atoms with E-state index in [9.17, 15) is 15.0 Å². The first-order valence-corrected chi connectivity index (χ1v) is 5.99. The van der Waals surface area contributed by atoms with Gasteiger partial charge in [0.25, 0.3) is 0 Å². The van der Waals surface area contributed by atoms with Crippen molar-refractivity contribution in [2.75, 3.05) is 6.61 Å². The summed E-state index contributed by atoms with van der Waals surface area (Å²) < 4.78 is 5.12. The van der Waals surface area contributed by atoms with Crippen molar-refractivity contribution in [3.05, 3.63) is 0 Å². The second kappa shape index (κ2) is 5.33. The van der Waals surface area contributed by atoms with Crippen molar-refractivity contribution in [3.8, 4) is 0 Å². The molecule has 17 heavy (non-hydrogen) atoms. The highest BCUT2D eigenvalue weighted by molar-refractivity contribution is 5.71. The van der Waals surface area contributed by atoms with Crippen LogP contribution >= 0.6 is 0 Å². The van der Waals surface area contributed by atoms with E-state index in [4.69, 9.17) is 9.84 Å². The molecule has 0 saturated carbocycles. The van der Waals surface area contributed by atoms with E-state index in [0.29, 0.717) is 25.7 Å². The van der Waals surface area contributed by atoms with Crippen LogP contribution in [0.5, 0.6) is 0 Å². The molecular weight excluding hydrogens is 224 g/mol. The molecule has 5 heteroatoms. The van der Waals surface area contributed by atoms with Crippen molar-refractivity contribution in [1.82, 2.24) is 0 Å². The second-order valence-corrected chi connectivity index (χ2v) is 5.50. The lowest BCUT2D eigenvalue weighted by atomic mass is 9.87. The quantitative estimate of drug-likeness (QED) is 0.610. The normalized spacial score (nSPS) is 33.0. The molecule has 0 bridgehead atoms. The summed E-state index contributed by atoms with van der Waals surface area (Å²) >= 11 is 0. The third-order valence-electron chi connectivity index (χ3n) is 3.15. The summed E-state index contributed by atoms with van der Waals surface area (Å²) in [7, 11) is 0. The number of hydrogen-bond acceptors (Lipinski definition) is 5. The fraction of sp³-hybridized carbons (Fsp3) is 0.917. The molecule has 3 unspecified atom stereocenters. The number of aliphatic hydroxyl groups excluding tert-OH is 1. The minimum absolute atomic E-state index is 0.0243. The fourth-order valence-corrected chi connectivity index (χ4v) is 2.14. The average Bonchev–Trinajstić information content (AvgIpc) is 2.11. The SMILES string of the molecule is CC(O)(CCO)CCC1CC(C)(O)CC(=O)O1. The fourth-order valence-electron chi connectivity index (χ4n) is 2.14. The zero-order chi connectivity index (χ0) is 13.1. The summed E-state index contributed by atoms with van der Waals surface area (Å²) in [5.41, 5.74) is -1.96. The minimum atomic E-state index is -1.01. The topological polar surface area (TPSA) is 87.0 Å². The van der Waals surface area contributed by atoms with Crippen molar-refractivity contribution < 1.29 is 24.9 Å². The van der Waals surface area contributed by atoms with E-state index in [0.717, 1.165) is 0 Å². The third-order valence-corrected chi connectivity index (χ3v) is 3.15. The van der Waals surface area contributed by atoms with Crippen LogP contribution in [0.2, 0.25) is 0 Å². The monoisotopic (exact) mass is 246 g/mol. The maximum atomic E-state index is 11.3. The van der Waals surface area contributed by atoms with E-state index in [1.54, 1.807) is 13.8 Å². The van der Waals surface area contributed by atoms with Crippen LogP contribution in [-0.2, 0) is 9.53 Å². The Labute approximate surface area is 101 Å². The van der Waals surface area contributed by atoms with Gasteiger partial charge in [-0.15, -0.1) is 0 Å². The van der Waals surface area contributed by atoms with Gasteiger partial charge in [-0.25, -0.2) is 0 Å². The molecule has 1 saturated heterocycles. The molecule has 1 aliphatic rings. The van der Waals surface area contributed by atoms with Crippen molar-refractivity contribution in [3.63, 3.8) is 0 Å². The summed E-state index contributed by atoms with van der Waals surface area (Å²) in [4.78, 5) is 11.3. The molecule has 1 aliphatic heterocycles. The lowest BCUT2D eigenvalue weighted by molar-refractivity contribution is -0.169. The molecular formula is C12H22O5. The van der Waals surface area contributed by atoms with E-state index < -0.39 is 17.2 Å². The summed E-state index contributed by atoms with van der Waals surface area (Å²) in [6.07, 6.45) is 1.29. The molecule has 0 aromatic heterocycles. The number of aliphatic hydroxyl groups is 3. The van der Waals surface area contributed by atoms with Gasteiger partial charge in [0.05, 0.1) is 17.6 Å². The Balaban J connectivity index is 2.44. The Morgan fingerprint density at radius 3 is 2.71 bits per heavy atom. The van der Waals surface area contributed by atoms with Gasteiger partial charge in [0.2, 0.25) is 0 Å². The van der Waals surface area contributed by atoms with Gasteiger partial charge in [-0.1, -0.05) is 0 Å². The number of cyclic esters (lactones) is 1. The Kier molecular flexibility index (Phi) is 4.52. The lowest BCUT2D eigenvalue weighted by Gasteiger charge is -2.34. The van der Waals surface area contributed by atoms with Crippen molar-refractivity contribution in [2.45, 2.75) is 63.3 Å². The van der Waals surface area contributed by atoms with Crippen LogP contribution in [0, 0.1) is 0 Å². The minimum Gasteiger partial charge on any atom is -0.462 e. The molecule has 100 valence electrons. The first kappa shape index (κ1) is 14.4. The molecule has 1 heterocycles. The summed E-state index contributed by atoms with van der Waals surface area (Å²) in [5.74, 6) is -0.395. The third kappa shape index (κ3) is 5.02. The molecule has 3 atom stereocenters. The predicted octanol–water partition coefficient (Wildman–Crippen LogP) is 0.357. The maximum Gasteiger partial charge on any atom is 0.308 e. The molecule has 1 fully saturated rings. The summed E-state index contributed by atoms with van der Waals surface area (Å²) in [5, 5.41) is 28.5. The van der Waals surface area contributed by atoms with Crippen LogP contribution in [0.15, 0.2) is 0 Å². The van der Waals surface area contributed by atoms with E-state index in [2.05, 4.69) is 0 Å². The summed E-state index contributed by atoms with van der Waals surface area (Å²) in [6, 6.07) is 0. The standard InChI is InChI=1S/C12H22O5/c1-11(15,5-6-13)4-3-9-7-12(2,16)8-10(14)17-9/h9,13,15-16H,3-8H2,1-2H3. The van der Waals surface area contributed by atoms with Crippen molar-refractivity contribution in [2.24, 2.45) is 0 Å².